The number of carbonyl (C=O) groups is 3. The summed E-state index contributed by atoms with van der Waals surface area (Å²) in [6, 6.07) is 5.44. The maximum Gasteiger partial charge on any atom is 0.410 e. The number of carbonyl (C=O) groups excluding carboxylic acids is 2. The fourth-order valence-electron chi connectivity index (χ4n) is 2.17. The van der Waals surface area contributed by atoms with E-state index in [1.54, 1.807) is 58.9 Å². The van der Waals surface area contributed by atoms with Crippen LogP contribution >= 0.6 is 11.6 Å². The first-order valence-electron chi connectivity index (χ1n) is 8.68. The smallest absolute Gasteiger partial charge is 0.410 e. The normalized spacial score (nSPS) is 14.4. The van der Waals surface area contributed by atoms with Crippen LogP contribution in [0, 0.1) is 11.8 Å². The second-order valence-corrected chi connectivity index (χ2v) is 7.35. The van der Waals surface area contributed by atoms with Crippen LogP contribution in [0.2, 0.25) is 5.02 Å². The Morgan fingerprint density at radius 2 is 1.56 bits per heavy atom. The third-order valence-corrected chi connectivity index (χ3v) is 4.16. The maximum atomic E-state index is 12.2. The number of hydrogen-bond acceptors (Lipinski definition) is 5. The van der Waals surface area contributed by atoms with Crippen LogP contribution in [0.3, 0.4) is 0 Å². The minimum absolute atomic E-state index is 0.296. The van der Waals surface area contributed by atoms with Gasteiger partial charge < -0.3 is 19.9 Å². The van der Waals surface area contributed by atoms with Crippen LogP contribution in [0.25, 0.3) is 0 Å². The van der Waals surface area contributed by atoms with Gasteiger partial charge in [-0.2, -0.15) is 0 Å². The second-order valence-electron chi connectivity index (χ2n) is 6.91. The van der Waals surface area contributed by atoms with Crippen molar-refractivity contribution in [3.8, 4) is 0 Å². The molecule has 0 bridgehead atoms. The van der Waals surface area contributed by atoms with E-state index in [4.69, 9.17) is 21.1 Å². The molecule has 0 aliphatic rings. The number of hydrogen-bond donors (Lipinski definition) is 2. The van der Waals surface area contributed by atoms with E-state index >= 15 is 0 Å². The van der Waals surface area contributed by atoms with Crippen LogP contribution in [0.15, 0.2) is 24.3 Å². The van der Waals surface area contributed by atoms with Crippen molar-refractivity contribution in [1.29, 1.82) is 0 Å². The van der Waals surface area contributed by atoms with Crippen LogP contribution in [-0.2, 0) is 19.1 Å². The number of ether oxygens (including phenoxy) is 2. The molecule has 0 heterocycles. The van der Waals surface area contributed by atoms with Gasteiger partial charge in [-0.3, -0.25) is 4.79 Å². The summed E-state index contributed by atoms with van der Waals surface area (Å²) in [6.07, 6.45) is -2.08. The Balaban J connectivity index is 2.83. The first kappa shape index (κ1) is 22.8. The number of aliphatic carboxylic acids is 1. The Morgan fingerprint density at radius 1 is 1.00 bits per heavy atom. The molecule has 150 valence electrons. The number of amides is 1. The molecule has 2 N–H and O–H groups in total. The molecule has 1 amide bonds. The van der Waals surface area contributed by atoms with Gasteiger partial charge in [-0.15, -0.1) is 0 Å². The van der Waals surface area contributed by atoms with Gasteiger partial charge in [0, 0.05) is 16.9 Å². The highest BCUT2D eigenvalue weighted by Gasteiger charge is 2.31. The van der Waals surface area contributed by atoms with E-state index in [0.29, 0.717) is 10.6 Å². The molecule has 8 heteroatoms. The van der Waals surface area contributed by atoms with E-state index in [9.17, 15) is 19.5 Å². The molecule has 0 fully saturated rings. The summed E-state index contributed by atoms with van der Waals surface area (Å²) in [5, 5.41) is 12.3. The zero-order valence-corrected chi connectivity index (χ0v) is 16.8. The molecule has 3 atom stereocenters. The summed E-state index contributed by atoms with van der Waals surface area (Å²) in [6.45, 7) is 8.43. The Hall–Kier alpha value is -2.28. The molecular formula is C19H26ClNO6. The standard InChI is InChI=1S/C19H26ClNO6/c1-10(2)17(24)26-18(11(3)4)27-19(25)21-15(16(22)23)12(5)13-6-8-14(20)9-7-13/h6-12,15,18H,1-5H3,(H,21,25)(H,22,23)/t12?,15?,18-/m0/s1. The Morgan fingerprint density at radius 3 is 2.00 bits per heavy atom. The number of benzene rings is 1. The molecule has 0 spiro atoms. The summed E-state index contributed by atoms with van der Waals surface area (Å²) < 4.78 is 10.3. The molecular weight excluding hydrogens is 374 g/mol. The molecule has 0 aromatic heterocycles. The highest BCUT2D eigenvalue weighted by Crippen LogP contribution is 2.22. The largest absolute Gasteiger partial charge is 0.480 e. The summed E-state index contributed by atoms with van der Waals surface area (Å²) in [7, 11) is 0. The Labute approximate surface area is 164 Å². The average Bonchev–Trinajstić information content (AvgIpc) is 2.58. The lowest BCUT2D eigenvalue weighted by molar-refractivity contribution is -0.179. The van der Waals surface area contributed by atoms with Gasteiger partial charge in [0.2, 0.25) is 0 Å². The number of halogens is 1. The number of esters is 1. The molecule has 0 aliphatic heterocycles. The van der Waals surface area contributed by atoms with Crippen LogP contribution in [0.4, 0.5) is 4.79 Å². The molecule has 27 heavy (non-hydrogen) atoms. The van der Waals surface area contributed by atoms with E-state index in [1.165, 1.54) is 0 Å². The van der Waals surface area contributed by atoms with Gasteiger partial charge in [0.05, 0.1) is 5.92 Å². The fourth-order valence-corrected chi connectivity index (χ4v) is 2.30. The molecule has 1 aromatic carbocycles. The molecule has 0 radical (unpaired) electrons. The number of carboxylic acid groups (broad SMARTS) is 1. The summed E-state index contributed by atoms with van der Waals surface area (Å²) >= 11 is 5.85. The number of carboxylic acids is 1. The van der Waals surface area contributed by atoms with Crippen LogP contribution in [0.1, 0.15) is 46.1 Å². The van der Waals surface area contributed by atoms with Gasteiger partial charge in [0.1, 0.15) is 6.04 Å². The van der Waals surface area contributed by atoms with Gasteiger partial charge in [0.15, 0.2) is 0 Å². The van der Waals surface area contributed by atoms with E-state index < -0.39 is 36.3 Å². The molecule has 0 saturated carbocycles. The van der Waals surface area contributed by atoms with Gasteiger partial charge in [-0.05, 0) is 17.7 Å². The second kappa shape index (κ2) is 10.2. The minimum atomic E-state index is -1.23. The summed E-state index contributed by atoms with van der Waals surface area (Å²) in [5.74, 6) is -2.94. The monoisotopic (exact) mass is 399 g/mol. The number of rotatable bonds is 8. The SMILES string of the molecule is CC(C)C(=O)O[C@@H](OC(=O)NC(C(=O)O)C(C)c1ccc(Cl)cc1)C(C)C. The third kappa shape index (κ3) is 7.09. The van der Waals surface area contributed by atoms with Crippen molar-refractivity contribution < 1.29 is 29.0 Å². The topological polar surface area (TPSA) is 102 Å². The maximum absolute atomic E-state index is 12.2. The predicted molar refractivity (Wildman–Crippen MR) is 100 cm³/mol. The fraction of sp³-hybridized carbons (Fsp3) is 0.526. The van der Waals surface area contributed by atoms with Gasteiger partial charge in [-0.1, -0.05) is 58.4 Å². The highest BCUT2D eigenvalue weighted by atomic mass is 35.5. The molecule has 2 unspecified atom stereocenters. The zero-order valence-electron chi connectivity index (χ0n) is 16.1. The lowest BCUT2D eigenvalue weighted by Gasteiger charge is -2.25. The lowest BCUT2D eigenvalue weighted by Crippen LogP contribution is -2.46. The molecule has 1 aromatic rings. The van der Waals surface area contributed by atoms with E-state index in [1.807, 2.05) is 0 Å². The minimum Gasteiger partial charge on any atom is -0.480 e. The first-order valence-corrected chi connectivity index (χ1v) is 9.06. The number of alkyl carbamates (subject to hydrolysis) is 1. The average molecular weight is 400 g/mol. The van der Waals surface area contributed by atoms with Crippen molar-refractivity contribution in [2.24, 2.45) is 11.8 Å². The van der Waals surface area contributed by atoms with E-state index in [-0.39, 0.29) is 11.8 Å². The zero-order chi connectivity index (χ0) is 20.7. The van der Waals surface area contributed by atoms with Crippen LogP contribution in [0.5, 0.6) is 0 Å². The third-order valence-electron chi connectivity index (χ3n) is 3.91. The molecule has 0 aliphatic carbocycles. The first-order chi connectivity index (χ1) is 12.5. The van der Waals surface area contributed by atoms with Crippen molar-refractivity contribution in [1.82, 2.24) is 5.32 Å². The number of nitrogens with one attached hydrogen (secondary N) is 1. The Bertz CT molecular complexity index is 659. The summed E-state index contributed by atoms with van der Waals surface area (Å²) in [5.41, 5.74) is 0.693. The van der Waals surface area contributed by atoms with Crippen molar-refractivity contribution in [3.05, 3.63) is 34.9 Å². The summed E-state index contributed by atoms with van der Waals surface area (Å²) in [4.78, 5) is 35.6. The quantitative estimate of drug-likeness (QED) is 0.509. The molecule has 0 saturated heterocycles. The van der Waals surface area contributed by atoms with Crippen LogP contribution < -0.4 is 5.32 Å². The molecule has 1 rings (SSSR count). The van der Waals surface area contributed by atoms with Crippen molar-refractivity contribution in [2.75, 3.05) is 0 Å². The van der Waals surface area contributed by atoms with Gasteiger partial charge >= 0.3 is 18.0 Å². The van der Waals surface area contributed by atoms with Crippen molar-refractivity contribution in [3.63, 3.8) is 0 Å². The van der Waals surface area contributed by atoms with Crippen LogP contribution in [-0.4, -0.2) is 35.5 Å². The van der Waals surface area contributed by atoms with Crippen molar-refractivity contribution in [2.45, 2.75) is 52.9 Å². The van der Waals surface area contributed by atoms with E-state index in [0.717, 1.165) is 0 Å². The predicted octanol–water partition coefficient (Wildman–Crippen LogP) is 3.80. The Kier molecular flexibility index (Phi) is 8.56. The van der Waals surface area contributed by atoms with Gasteiger partial charge in [0.25, 0.3) is 6.29 Å². The van der Waals surface area contributed by atoms with Gasteiger partial charge in [-0.25, -0.2) is 9.59 Å². The van der Waals surface area contributed by atoms with E-state index in [2.05, 4.69) is 5.32 Å². The highest BCUT2D eigenvalue weighted by molar-refractivity contribution is 6.30. The lowest BCUT2D eigenvalue weighted by atomic mass is 9.93. The molecule has 7 nitrogen and oxygen atoms in total. The van der Waals surface area contributed by atoms with Crippen molar-refractivity contribution >= 4 is 29.6 Å².